The van der Waals surface area contributed by atoms with Crippen LogP contribution in [0.25, 0.3) is 0 Å². The van der Waals surface area contributed by atoms with Crippen LogP contribution in [0.1, 0.15) is 34.1 Å². The third-order valence-electron chi connectivity index (χ3n) is 1.58. The van der Waals surface area contributed by atoms with Crippen LogP contribution in [0.4, 0.5) is 0 Å². The highest BCUT2D eigenvalue weighted by atomic mass is 31.1. The van der Waals surface area contributed by atoms with Crippen LogP contribution >= 0.6 is 7.55 Å². The molecule has 0 heterocycles. The molecule has 64 valence electrons. The van der Waals surface area contributed by atoms with Crippen LogP contribution < -0.4 is 0 Å². The Labute approximate surface area is 72.1 Å². The largest absolute Gasteiger partial charge is 0.126 e. The fraction of sp³-hybridized carbons (Fsp3) is 0.700. The number of allylic oxidation sites excluding steroid dienone is 2. The van der Waals surface area contributed by atoms with Gasteiger partial charge >= 0.3 is 0 Å². The topological polar surface area (TPSA) is 0 Å². The molecule has 0 rings (SSSR count). The molecule has 0 aromatic heterocycles. The molecule has 0 bridgehead atoms. The van der Waals surface area contributed by atoms with Crippen molar-refractivity contribution < 1.29 is 0 Å². The molecule has 0 aliphatic rings. The van der Waals surface area contributed by atoms with Crippen LogP contribution in [0.2, 0.25) is 0 Å². The van der Waals surface area contributed by atoms with Gasteiger partial charge in [0.15, 0.2) is 0 Å². The zero-order chi connectivity index (χ0) is 9.07. The molecule has 0 aromatic rings. The third kappa shape index (κ3) is 3.72. The molecular formula is C10H20P+. The zero-order valence-electron chi connectivity index (χ0n) is 8.44. The van der Waals surface area contributed by atoms with Crippen molar-refractivity contribution in [1.29, 1.82) is 0 Å². The fourth-order valence-corrected chi connectivity index (χ4v) is 2.87. The monoisotopic (exact) mass is 171 g/mol. The lowest BCUT2D eigenvalue weighted by Crippen LogP contribution is -2.06. The maximum absolute atomic E-state index is 4.12. The Balaban J connectivity index is 4.63. The highest BCUT2D eigenvalue weighted by Gasteiger charge is 2.24. The second kappa shape index (κ2) is 4.07. The van der Waals surface area contributed by atoms with Gasteiger partial charge in [0.05, 0.1) is 6.30 Å². The summed E-state index contributed by atoms with van der Waals surface area (Å²) in [7, 11) is -0.147. The zero-order valence-corrected chi connectivity index (χ0v) is 9.33. The maximum Gasteiger partial charge on any atom is 0.126 e. The van der Waals surface area contributed by atoms with E-state index in [0.717, 1.165) is 6.42 Å². The Hall–Kier alpha value is -0.0900. The van der Waals surface area contributed by atoms with E-state index in [1.807, 2.05) is 0 Å². The van der Waals surface area contributed by atoms with Gasteiger partial charge in [-0.05, 0) is 12.5 Å². The van der Waals surface area contributed by atoms with Crippen LogP contribution in [0.15, 0.2) is 11.4 Å². The molecule has 1 atom stereocenters. The lowest BCUT2D eigenvalue weighted by molar-refractivity contribution is 0.530. The van der Waals surface area contributed by atoms with E-state index in [9.17, 15) is 0 Å². The summed E-state index contributed by atoms with van der Waals surface area (Å²) in [5.41, 5.74) is 0.318. The van der Waals surface area contributed by atoms with Gasteiger partial charge < -0.3 is 0 Å². The van der Waals surface area contributed by atoms with E-state index in [4.69, 9.17) is 0 Å². The fourth-order valence-electron chi connectivity index (χ4n) is 1.23. The molecule has 0 aliphatic heterocycles. The Kier molecular flexibility index (Phi) is 4.03. The number of hydrogen-bond acceptors (Lipinski definition) is 0. The van der Waals surface area contributed by atoms with E-state index >= 15 is 0 Å². The van der Waals surface area contributed by atoms with Crippen LogP contribution in [-0.4, -0.2) is 13.0 Å². The van der Waals surface area contributed by atoms with Gasteiger partial charge in [0, 0.05) is 5.41 Å². The van der Waals surface area contributed by atoms with Crippen molar-refractivity contribution in [3.8, 4) is 0 Å². The highest BCUT2D eigenvalue weighted by Crippen LogP contribution is 2.41. The van der Waals surface area contributed by atoms with Crippen LogP contribution in [0.5, 0.6) is 0 Å². The first kappa shape index (κ1) is 10.9. The summed E-state index contributed by atoms with van der Waals surface area (Å²) in [5, 5.41) is 1.54. The summed E-state index contributed by atoms with van der Waals surface area (Å²) < 4.78 is 0. The first-order valence-electron chi connectivity index (χ1n) is 4.14. The van der Waals surface area contributed by atoms with Crippen LogP contribution in [0, 0.1) is 5.41 Å². The summed E-state index contributed by atoms with van der Waals surface area (Å²) in [4.78, 5) is 0. The smallest absolute Gasteiger partial charge is 0.0617 e. The van der Waals surface area contributed by atoms with Crippen molar-refractivity contribution >= 4 is 13.8 Å². The average Bonchev–Trinajstić information content (AvgIpc) is 1.79. The van der Waals surface area contributed by atoms with E-state index < -0.39 is 0 Å². The quantitative estimate of drug-likeness (QED) is 0.553. The van der Waals surface area contributed by atoms with Crippen molar-refractivity contribution in [3.63, 3.8) is 0 Å². The second-order valence-electron chi connectivity index (χ2n) is 3.95. The third-order valence-corrected chi connectivity index (χ3v) is 3.25. The van der Waals surface area contributed by atoms with Gasteiger partial charge in [-0.3, -0.25) is 0 Å². The van der Waals surface area contributed by atoms with Gasteiger partial charge in [0.25, 0.3) is 0 Å². The molecule has 11 heavy (non-hydrogen) atoms. The minimum Gasteiger partial charge on any atom is -0.0617 e. The minimum atomic E-state index is -0.147. The molecule has 0 N–H and O–H groups in total. The molecular weight excluding hydrogens is 151 g/mol. The summed E-state index contributed by atoms with van der Waals surface area (Å²) in [5.74, 6) is 0. The van der Waals surface area contributed by atoms with E-state index in [1.165, 1.54) is 5.31 Å². The Morgan fingerprint density at radius 2 is 1.91 bits per heavy atom. The molecule has 1 heteroatoms. The molecule has 0 radical (unpaired) electrons. The van der Waals surface area contributed by atoms with Crippen LogP contribution in [0.3, 0.4) is 0 Å². The molecule has 0 saturated heterocycles. The predicted molar refractivity (Wildman–Crippen MR) is 57.8 cm³/mol. The van der Waals surface area contributed by atoms with Gasteiger partial charge in [-0.2, -0.15) is 0 Å². The van der Waals surface area contributed by atoms with Crippen LogP contribution in [-0.2, 0) is 0 Å². The van der Waals surface area contributed by atoms with Gasteiger partial charge in [-0.25, -0.2) is 0 Å². The van der Waals surface area contributed by atoms with Gasteiger partial charge in [-0.1, -0.05) is 27.7 Å². The molecule has 0 aromatic carbocycles. The Morgan fingerprint density at radius 3 is 2.00 bits per heavy atom. The summed E-state index contributed by atoms with van der Waals surface area (Å²) in [6.45, 7) is 11.2. The summed E-state index contributed by atoms with van der Waals surface area (Å²) >= 11 is 0. The summed E-state index contributed by atoms with van der Waals surface area (Å²) in [6, 6.07) is 0. The molecule has 0 fully saturated rings. The predicted octanol–water partition coefficient (Wildman–Crippen LogP) is 3.87. The summed E-state index contributed by atoms with van der Waals surface area (Å²) in [6.07, 6.45) is 7.59. The van der Waals surface area contributed by atoms with Gasteiger partial charge in [-0.15, -0.1) is 0 Å². The standard InChI is InChI=1S/C10H20P/c1-7-8-9(11(5)6)10(2,3)4/h8H,5,7H2,1-4,6H3/q+1/b9-8-. The van der Waals surface area contributed by atoms with Gasteiger partial charge in [0.1, 0.15) is 19.5 Å². The van der Waals surface area contributed by atoms with Crippen molar-refractivity contribution in [3.05, 3.63) is 11.4 Å². The second-order valence-corrected chi connectivity index (χ2v) is 5.82. The maximum atomic E-state index is 4.12. The van der Waals surface area contributed by atoms with Crippen molar-refractivity contribution in [1.82, 2.24) is 0 Å². The lowest BCUT2D eigenvalue weighted by atomic mass is 9.95. The molecule has 0 saturated carbocycles. The first-order chi connectivity index (χ1) is 4.89. The average molecular weight is 171 g/mol. The van der Waals surface area contributed by atoms with Gasteiger partial charge in [0.2, 0.25) is 0 Å². The highest BCUT2D eigenvalue weighted by molar-refractivity contribution is 7.59. The Morgan fingerprint density at radius 1 is 1.45 bits per heavy atom. The Bertz CT molecular complexity index is 170. The van der Waals surface area contributed by atoms with Crippen molar-refractivity contribution in [2.45, 2.75) is 34.1 Å². The SMILES string of the molecule is C=[P+](C)/C(=C\CC)C(C)(C)C. The van der Waals surface area contributed by atoms with E-state index in [0.29, 0.717) is 5.41 Å². The molecule has 0 nitrogen and oxygen atoms in total. The minimum absolute atomic E-state index is 0.147. The lowest BCUT2D eigenvalue weighted by Gasteiger charge is -2.15. The van der Waals surface area contributed by atoms with Crippen molar-refractivity contribution in [2.24, 2.45) is 5.41 Å². The van der Waals surface area contributed by atoms with E-state index in [2.05, 4.69) is 46.7 Å². The molecule has 0 aliphatic carbocycles. The first-order valence-corrected chi connectivity index (χ1v) is 6.12. The van der Waals surface area contributed by atoms with E-state index in [-0.39, 0.29) is 7.55 Å². The van der Waals surface area contributed by atoms with Crippen molar-refractivity contribution in [2.75, 3.05) is 6.66 Å². The number of hydrogen-bond donors (Lipinski definition) is 0. The number of rotatable bonds is 2. The normalized spacial score (nSPS) is 15.0. The molecule has 1 unspecified atom stereocenters. The van der Waals surface area contributed by atoms with E-state index in [1.54, 1.807) is 0 Å². The molecule has 0 spiro atoms. The molecule has 0 amide bonds.